The number of anilines is 2. The number of methoxy groups -OCH3 is 2. The van der Waals surface area contributed by atoms with Gasteiger partial charge in [-0.15, -0.1) is 0 Å². The topological polar surface area (TPSA) is 84.9 Å². The van der Waals surface area contributed by atoms with E-state index in [0.29, 0.717) is 24.0 Å². The Morgan fingerprint density at radius 2 is 1.56 bits per heavy atom. The number of carbonyl (C=O) groups is 3. The van der Waals surface area contributed by atoms with Gasteiger partial charge in [-0.3, -0.25) is 14.5 Å². The van der Waals surface area contributed by atoms with Gasteiger partial charge in [-0.25, -0.2) is 4.79 Å². The van der Waals surface area contributed by atoms with Crippen LogP contribution in [0.3, 0.4) is 0 Å². The molecule has 0 aromatic heterocycles. The Balaban J connectivity index is 1.49. The van der Waals surface area contributed by atoms with Gasteiger partial charge < -0.3 is 14.8 Å². The predicted octanol–water partition coefficient (Wildman–Crippen LogP) is 5.79. The lowest BCUT2D eigenvalue weighted by molar-refractivity contribution is -0.120. The van der Waals surface area contributed by atoms with E-state index in [-0.39, 0.29) is 23.5 Å². The van der Waals surface area contributed by atoms with Crippen molar-refractivity contribution in [3.8, 4) is 5.75 Å². The van der Waals surface area contributed by atoms with Crippen LogP contribution in [0.15, 0.2) is 84.1 Å². The van der Waals surface area contributed by atoms with Crippen LogP contribution >= 0.6 is 0 Å². The lowest BCUT2D eigenvalue weighted by atomic mass is 9.78. The number of nitrogens with zero attached hydrogens (tertiary/aromatic N) is 1. The molecule has 7 nitrogen and oxygen atoms in total. The van der Waals surface area contributed by atoms with Crippen LogP contribution in [0.2, 0.25) is 0 Å². The van der Waals surface area contributed by atoms with Gasteiger partial charge in [-0.05, 0) is 72.7 Å². The minimum absolute atomic E-state index is 0.00477. The van der Waals surface area contributed by atoms with Crippen LogP contribution in [0.5, 0.6) is 5.75 Å². The van der Waals surface area contributed by atoms with Crippen molar-refractivity contribution >= 4 is 29.0 Å². The third kappa shape index (κ3) is 4.58. The fraction of sp³-hybridized carbons (Fsp3) is 0.281. The first kappa shape index (κ1) is 24.9. The number of benzene rings is 3. The second-order valence-electron chi connectivity index (χ2n) is 10.3. The molecule has 1 fully saturated rings. The number of esters is 1. The smallest absolute Gasteiger partial charge is 0.337 e. The highest BCUT2D eigenvalue weighted by molar-refractivity contribution is 6.07. The molecule has 1 saturated carbocycles. The number of amides is 1. The molecule has 1 N–H and O–H groups in total. The second-order valence-corrected chi connectivity index (χ2v) is 10.3. The van der Waals surface area contributed by atoms with Crippen LogP contribution < -0.4 is 15.0 Å². The Morgan fingerprint density at radius 3 is 2.23 bits per heavy atom. The quantitative estimate of drug-likeness (QED) is 0.427. The van der Waals surface area contributed by atoms with Crippen LogP contribution in [0.1, 0.15) is 59.1 Å². The average Bonchev–Trinajstić information content (AvgIpc) is 3.83. The standard InChI is InChI=1S/C32H30N2O5/c1-38-24-15-13-19(14-16-24)23-17-26-29(28(35)18-23)30(20-7-11-22(12-8-20)32(37)39-2)34(31(36)21-9-10-21)27-6-4-3-5-25(27)33-26/h3-8,11-16,21,23,30,33H,9-10,17-18H2,1-2H3. The zero-order chi connectivity index (χ0) is 27.1. The van der Waals surface area contributed by atoms with Crippen LogP contribution in [-0.4, -0.2) is 31.9 Å². The van der Waals surface area contributed by atoms with Crippen LogP contribution in [0.25, 0.3) is 0 Å². The molecule has 2 aliphatic carbocycles. The average molecular weight is 523 g/mol. The molecule has 2 atom stereocenters. The molecule has 6 rings (SSSR count). The fourth-order valence-corrected chi connectivity index (χ4v) is 5.71. The van der Waals surface area contributed by atoms with Crippen molar-refractivity contribution in [2.24, 2.45) is 5.92 Å². The van der Waals surface area contributed by atoms with E-state index in [1.54, 1.807) is 24.1 Å². The normalized spacial score (nSPS) is 20.4. The molecular weight excluding hydrogens is 492 g/mol. The van der Waals surface area contributed by atoms with Gasteiger partial charge in [0.2, 0.25) is 5.91 Å². The maximum Gasteiger partial charge on any atom is 0.337 e. The van der Waals surface area contributed by atoms with E-state index >= 15 is 0 Å². The highest BCUT2D eigenvalue weighted by Gasteiger charge is 2.45. The molecule has 1 heterocycles. The lowest BCUT2D eigenvalue weighted by Crippen LogP contribution is -2.39. The first-order chi connectivity index (χ1) is 19.0. The first-order valence-corrected chi connectivity index (χ1v) is 13.3. The molecule has 2 unspecified atom stereocenters. The zero-order valence-electron chi connectivity index (χ0n) is 22.0. The van der Waals surface area contributed by atoms with Crippen LogP contribution in [-0.2, 0) is 14.3 Å². The number of fused-ring (bicyclic) bond motifs is 1. The SMILES string of the molecule is COC(=O)c1ccc(C2C3=C(CC(c4ccc(OC)cc4)CC3=O)Nc3ccccc3N2C(=O)C2CC2)cc1. The lowest BCUT2D eigenvalue weighted by Gasteiger charge is -2.35. The number of hydrogen-bond acceptors (Lipinski definition) is 6. The number of carbonyl (C=O) groups excluding carboxylic acids is 3. The molecular formula is C32H30N2O5. The van der Waals surface area contributed by atoms with Gasteiger partial charge in [-0.1, -0.05) is 36.4 Å². The first-order valence-electron chi connectivity index (χ1n) is 13.3. The van der Waals surface area contributed by atoms with Gasteiger partial charge >= 0.3 is 5.97 Å². The highest BCUT2D eigenvalue weighted by atomic mass is 16.5. The zero-order valence-corrected chi connectivity index (χ0v) is 22.0. The van der Waals surface area contributed by atoms with Crippen molar-refractivity contribution in [2.75, 3.05) is 24.4 Å². The summed E-state index contributed by atoms with van der Waals surface area (Å²) in [5.41, 5.74) is 5.25. The highest BCUT2D eigenvalue weighted by Crippen LogP contribution is 2.49. The third-order valence-corrected chi connectivity index (χ3v) is 7.89. The number of nitrogens with one attached hydrogen (secondary N) is 1. The summed E-state index contributed by atoms with van der Waals surface area (Å²) in [4.78, 5) is 41.9. The molecule has 39 heavy (non-hydrogen) atoms. The van der Waals surface area contributed by atoms with Crippen molar-refractivity contribution in [3.63, 3.8) is 0 Å². The Hall–Kier alpha value is -4.39. The molecule has 3 aromatic carbocycles. The van der Waals surface area contributed by atoms with Crippen molar-refractivity contribution in [1.82, 2.24) is 0 Å². The van der Waals surface area contributed by atoms with Gasteiger partial charge in [0.05, 0.1) is 37.2 Å². The fourth-order valence-electron chi connectivity index (χ4n) is 5.71. The molecule has 198 valence electrons. The second kappa shape index (κ2) is 10.1. The summed E-state index contributed by atoms with van der Waals surface area (Å²) in [6.07, 6.45) is 2.66. The van der Waals surface area contributed by atoms with Crippen molar-refractivity contribution in [3.05, 3.63) is 101 Å². The summed E-state index contributed by atoms with van der Waals surface area (Å²) in [6, 6.07) is 22.0. The molecule has 1 amide bonds. The number of rotatable bonds is 5. The van der Waals surface area contributed by atoms with Gasteiger partial charge in [0.1, 0.15) is 5.75 Å². The number of allylic oxidation sites excluding steroid dienone is 1. The molecule has 3 aromatic rings. The largest absolute Gasteiger partial charge is 0.497 e. The van der Waals surface area contributed by atoms with E-state index in [2.05, 4.69) is 5.32 Å². The summed E-state index contributed by atoms with van der Waals surface area (Å²) < 4.78 is 10.2. The molecule has 3 aliphatic rings. The molecule has 0 saturated heterocycles. The summed E-state index contributed by atoms with van der Waals surface area (Å²) in [5, 5.41) is 3.56. The van der Waals surface area contributed by atoms with Gasteiger partial charge in [-0.2, -0.15) is 0 Å². The van der Waals surface area contributed by atoms with Crippen LogP contribution in [0.4, 0.5) is 11.4 Å². The minimum atomic E-state index is -0.611. The van der Waals surface area contributed by atoms with E-state index in [1.165, 1.54) is 7.11 Å². The Bertz CT molecular complexity index is 1470. The minimum Gasteiger partial charge on any atom is -0.497 e. The molecule has 7 heteroatoms. The summed E-state index contributed by atoms with van der Waals surface area (Å²) >= 11 is 0. The molecule has 0 radical (unpaired) electrons. The van der Waals surface area contributed by atoms with E-state index in [1.807, 2.05) is 60.7 Å². The predicted molar refractivity (Wildman–Crippen MR) is 148 cm³/mol. The summed E-state index contributed by atoms with van der Waals surface area (Å²) in [5.74, 6) is 0.305. The number of para-hydroxylation sites is 2. The maximum atomic E-state index is 14.1. The van der Waals surface area contributed by atoms with Gasteiger partial charge in [0, 0.05) is 23.6 Å². The third-order valence-electron chi connectivity index (χ3n) is 7.89. The molecule has 0 bridgehead atoms. The number of ketones is 1. The van der Waals surface area contributed by atoms with E-state index < -0.39 is 12.0 Å². The Morgan fingerprint density at radius 1 is 0.872 bits per heavy atom. The van der Waals surface area contributed by atoms with Gasteiger partial charge in [0.15, 0.2) is 5.78 Å². The van der Waals surface area contributed by atoms with Crippen molar-refractivity contribution < 1.29 is 23.9 Å². The summed E-state index contributed by atoms with van der Waals surface area (Å²) in [7, 11) is 2.98. The van der Waals surface area contributed by atoms with E-state index in [0.717, 1.165) is 46.8 Å². The van der Waals surface area contributed by atoms with Crippen LogP contribution in [0, 0.1) is 5.92 Å². The van der Waals surface area contributed by atoms with Crippen molar-refractivity contribution in [1.29, 1.82) is 0 Å². The van der Waals surface area contributed by atoms with E-state index in [4.69, 9.17) is 9.47 Å². The molecule has 0 spiro atoms. The van der Waals surface area contributed by atoms with Gasteiger partial charge in [0.25, 0.3) is 0 Å². The Labute approximate surface area is 227 Å². The number of hydrogen-bond donors (Lipinski definition) is 1. The van der Waals surface area contributed by atoms with Crippen molar-refractivity contribution in [2.45, 2.75) is 37.6 Å². The maximum absolute atomic E-state index is 14.1. The monoisotopic (exact) mass is 522 g/mol. The number of ether oxygens (including phenoxy) is 2. The van der Waals surface area contributed by atoms with E-state index in [9.17, 15) is 14.4 Å². The summed E-state index contributed by atoms with van der Waals surface area (Å²) in [6.45, 7) is 0. The Kier molecular flexibility index (Phi) is 6.43. The molecule has 1 aliphatic heterocycles. The number of Topliss-reactive ketones (excluding diaryl/α,β-unsaturated/α-hetero) is 1.